The van der Waals surface area contributed by atoms with Gasteiger partial charge in [0, 0.05) is 16.6 Å². The third-order valence-corrected chi connectivity index (χ3v) is 3.97. The summed E-state index contributed by atoms with van der Waals surface area (Å²) in [5, 5.41) is 10.3. The topological polar surface area (TPSA) is 56.6 Å². The zero-order valence-electron chi connectivity index (χ0n) is 13.1. The van der Waals surface area contributed by atoms with Crippen LogP contribution in [0.4, 0.5) is 0 Å². The molecule has 0 saturated heterocycles. The van der Waals surface area contributed by atoms with E-state index in [4.69, 9.17) is 0 Å². The maximum Gasteiger partial charge on any atom is 0.205 e. The van der Waals surface area contributed by atoms with Gasteiger partial charge in [0.25, 0.3) is 0 Å². The van der Waals surface area contributed by atoms with E-state index in [2.05, 4.69) is 11.1 Å². The number of Topliss-reactive ketones (excluding diaryl/α,β-unsaturated/α-hetero) is 1. The molecule has 0 aliphatic rings. The highest BCUT2D eigenvalue weighted by Crippen LogP contribution is 2.25. The maximum absolute atomic E-state index is 12.9. The van der Waals surface area contributed by atoms with Crippen molar-refractivity contribution in [3.05, 3.63) is 76.5 Å². The zero-order valence-corrected chi connectivity index (χ0v) is 13.1. The Bertz CT molecular complexity index is 971. The first-order valence-electron chi connectivity index (χ1n) is 7.41. The molecule has 1 aromatic heterocycles. The molecule has 23 heavy (non-hydrogen) atoms. The summed E-state index contributed by atoms with van der Waals surface area (Å²) in [7, 11) is 0. The van der Waals surface area contributed by atoms with E-state index in [9.17, 15) is 10.1 Å². The first-order valence-corrected chi connectivity index (χ1v) is 7.41. The lowest BCUT2D eigenvalue weighted by Gasteiger charge is -2.03. The molecule has 0 amide bonds. The van der Waals surface area contributed by atoms with Gasteiger partial charge >= 0.3 is 0 Å². The second kappa shape index (κ2) is 5.94. The van der Waals surface area contributed by atoms with E-state index < -0.39 is 0 Å². The largest absolute Gasteiger partial charge is 0.358 e. The lowest BCUT2D eigenvalue weighted by atomic mass is 9.98. The fourth-order valence-electron chi connectivity index (χ4n) is 2.76. The number of nitrogens with zero attached hydrogens (tertiary/aromatic N) is 1. The van der Waals surface area contributed by atoms with Crippen LogP contribution >= 0.6 is 0 Å². The second-order valence-electron chi connectivity index (χ2n) is 5.53. The highest BCUT2D eigenvalue weighted by atomic mass is 16.1. The molecule has 0 saturated carbocycles. The number of fused-ring (bicyclic) bond motifs is 1. The maximum atomic E-state index is 12.9. The molecule has 0 aliphatic heterocycles. The molecule has 0 atom stereocenters. The van der Waals surface area contributed by atoms with E-state index in [0.717, 1.165) is 27.7 Å². The van der Waals surface area contributed by atoms with Crippen LogP contribution in [-0.2, 0) is 0 Å². The third kappa shape index (κ3) is 2.67. The lowest BCUT2D eigenvalue weighted by molar-refractivity contribution is 0.104. The van der Waals surface area contributed by atoms with E-state index >= 15 is 0 Å². The quantitative estimate of drug-likeness (QED) is 0.437. The number of aromatic nitrogens is 1. The van der Waals surface area contributed by atoms with Crippen molar-refractivity contribution in [1.82, 2.24) is 4.98 Å². The Morgan fingerprint density at radius 1 is 1.09 bits per heavy atom. The smallest absolute Gasteiger partial charge is 0.205 e. The molecule has 0 aliphatic carbocycles. The molecule has 0 fully saturated rings. The number of ketones is 1. The van der Waals surface area contributed by atoms with Crippen LogP contribution in [0.2, 0.25) is 0 Å². The van der Waals surface area contributed by atoms with E-state index in [1.807, 2.05) is 62.4 Å². The number of carbonyl (C=O) groups is 1. The van der Waals surface area contributed by atoms with Crippen molar-refractivity contribution in [3.8, 4) is 6.07 Å². The van der Waals surface area contributed by atoms with Gasteiger partial charge in [-0.3, -0.25) is 4.79 Å². The molecule has 0 radical (unpaired) electrons. The minimum Gasteiger partial charge on any atom is -0.358 e. The van der Waals surface area contributed by atoms with Crippen molar-refractivity contribution in [2.75, 3.05) is 0 Å². The summed E-state index contributed by atoms with van der Waals surface area (Å²) in [6.07, 6.45) is 1.67. The van der Waals surface area contributed by atoms with Crippen LogP contribution in [0, 0.1) is 25.2 Å². The van der Waals surface area contributed by atoms with Crippen molar-refractivity contribution < 1.29 is 4.79 Å². The fourth-order valence-corrected chi connectivity index (χ4v) is 2.76. The van der Waals surface area contributed by atoms with Gasteiger partial charge in [-0.25, -0.2) is 0 Å². The third-order valence-electron chi connectivity index (χ3n) is 3.97. The Hall–Kier alpha value is -3.12. The minimum absolute atomic E-state index is 0.146. The summed E-state index contributed by atoms with van der Waals surface area (Å²) >= 11 is 0. The van der Waals surface area contributed by atoms with E-state index in [1.54, 1.807) is 6.08 Å². The minimum atomic E-state index is -0.245. The molecule has 0 bridgehead atoms. The molecular weight excluding hydrogens is 284 g/mol. The number of hydrogen-bond acceptors (Lipinski definition) is 2. The number of rotatable bonds is 3. The van der Waals surface area contributed by atoms with Gasteiger partial charge < -0.3 is 4.98 Å². The number of nitrogens with one attached hydrogen (secondary N) is 1. The van der Waals surface area contributed by atoms with Crippen LogP contribution in [0.3, 0.4) is 0 Å². The molecule has 1 heterocycles. The normalized spacial score (nSPS) is 11.4. The van der Waals surface area contributed by atoms with Gasteiger partial charge in [-0.15, -0.1) is 0 Å². The number of aromatic amines is 1. The van der Waals surface area contributed by atoms with Crippen LogP contribution in [0.15, 0.2) is 54.1 Å². The van der Waals surface area contributed by atoms with Gasteiger partial charge in [-0.2, -0.15) is 5.26 Å². The molecule has 0 spiro atoms. The molecule has 3 rings (SSSR count). The Kier molecular flexibility index (Phi) is 3.82. The number of carbonyl (C=O) groups excluding carboxylic acids is 1. The number of nitriles is 1. The van der Waals surface area contributed by atoms with Gasteiger partial charge in [-0.1, -0.05) is 42.5 Å². The number of allylic oxidation sites excluding steroid dienone is 1. The molecule has 3 aromatic rings. The highest BCUT2D eigenvalue weighted by molar-refractivity contribution is 6.20. The van der Waals surface area contributed by atoms with Crippen molar-refractivity contribution in [2.24, 2.45) is 0 Å². The summed E-state index contributed by atoms with van der Waals surface area (Å²) in [6, 6.07) is 17.4. The summed E-state index contributed by atoms with van der Waals surface area (Å²) in [4.78, 5) is 16.1. The Balaban J connectivity index is 2.12. The molecule has 1 N–H and O–H groups in total. The summed E-state index contributed by atoms with van der Waals surface area (Å²) in [5.41, 5.74) is 4.32. The number of aryl methyl sites for hydroxylation is 2. The Morgan fingerprint density at radius 2 is 1.78 bits per heavy atom. The first-order chi connectivity index (χ1) is 11.1. The highest BCUT2D eigenvalue weighted by Gasteiger charge is 2.19. The van der Waals surface area contributed by atoms with E-state index in [1.165, 1.54) is 0 Å². The summed E-state index contributed by atoms with van der Waals surface area (Å²) < 4.78 is 0. The average molecular weight is 300 g/mol. The number of para-hydroxylation sites is 1. The van der Waals surface area contributed by atoms with E-state index in [0.29, 0.717) is 5.56 Å². The van der Waals surface area contributed by atoms with Gasteiger partial charge in [0.2, 0.25) is 5.78 Å². The van der Waals surface area contributed by atoms with Crippen LogP contribution in [0.5, 0.6) is 0 Å². The molecule has 0 unspecified atom stereocenters. The fraction of sp³-hybridized carbons (Fsp3) is 0.100. The lowest BCUT2D eigenvalue weighted by Crippen LogP contribution is -2.03. The molecule has 112 valence electrons. The number of benzene rings is 2. The predicted molar refractivity (Wildman–Crippen MR) is 92.1 cm³/mol. The first kappa shape index (κ1) is 14.8. The van der Waals surface area contributed by atoms with Gasteiger partial charge in [-0.05, 0) is 37.1 Å². The van der Waals surface area contributed by atoms with Crippen molar-refractivity contribution in [2.45, 2.75) is 13.8 Å². The Labute approximate surface area is 134 Å². The van der Waals surface area contributed by atoms with Gasteiger partial charge in [0.15, 0.2) is 0 Å². The standard InChI is InChI=1S/C20H16N2O/c1-13-7-3-4-8-15(13)11-16(12-21)20(23)19-14(2)22-18-10-6-5-9-17(18)19/h3-11,22H,1-2H3/b16-11-. The van der Waals surface area contributed by atoms with E-state index in [-0.39, 0.29) is 11.4 Å². The van der Waals surface area contributed by atoms with Crippen LogP contribution < -0.4 is 0 Å². The van der Waals surface area contributed by atoms with Crippen molar-refractivity contribution in [1.29, 1.82) is 5.26 Å². The second-order valence-corrected chi connectivity index (χ2v) is 5.53. The molecule has 3 nitrogen and oxygen atoms in total. The van der Waals surface area contributed by atoms with Crippen LogP contribution in [-0.4, -0.2) is 10.8 Å². The van der Waals surface area contributed by atoms with Crippen molar-refractivity contribution in [3.63, 3.8) is 0 Å². The molecular formula is C20H16N2O. The van der Waals surface area contributed by atoms with Crippen LogP contribution in [0.25, 0.3) is 17.0 Å². The van der Waals surface area contributed by atoms with Gasteiger partial charge in [0.05, 0.1) is 5.56 Å². The SMILES string of the molecule is Cc1ccccc1/C=C(/C#N)C(=O)c1c(C)[nH]c2ccccc12. The molecule has 3 heteroatoms. The molecule has 2 aromatic carbocycles. The average Bonchev–Trinajstić information content (AvgIpc) is 2.89. The zero-order chi connectivity index (χ0) is 16.4. The summed E-state index contributed by atoms with van der Waals surface area (Å²) in [5.74, 6) is -0.245. The van der Waals surface area contributed by atoms with Crippen molar-refractivity contribution >= 4 is 22.8 Å². The predicted octanol–water partition coefficient (Wildman–Crippen LogP) is 4.57. The van der Waals surface area contributed by atoms with Gasteiger partial charge in [0.1, 0.15) is 11.6 Å². The Morgan fingerprint density at radius 3 is 2.52 bits per heavy atom. The monoisotopic (exact) mass is 300 g/mol. The van der Waals surface area contributed by atoms with Crippen LogP contribution in [0.1, 0.15) is 27.2 Å². The number of H-pyrrole nitrogens is 1. The summed E-state index contributed by atoms with van der Waals surface area (Å²) in [6.45, 7) is 3.82. The number of hydrogen-bond donors (Lipinski definition) is 1.